The summed E-state index contributed by atoms with van der Waals surface area (Å²) < 4.78 is 13.7. The van der Waals surface area contributed by atoms with E-state index in [9.17, 15) is 14.0 Å². The van der Waals surface area contributed by atoms with Gasteiger partial charge in [-0.15, -0.1) is 0 Å². The minimum Gasteiger partial charge on any atom is -0.358 e. The molecule has 1 aliphatic rings. The summed E-state index contributed by atoms with van der Waals surface area (Å²) in [6.07, 6.45) is 6.33. The summed E-state index contributed by atoms with van der Waals surface area (Å²) in [6, 6.07) is 4.54. The lowest BCUT2D eigenvalue weighted by molar-refractivity contribution is -0.134. The number of carbonyl (C=O) groups excluding carboxylic acids is 2. The first kappa shape index (κ1) is 20.4. The minimum atomic E-state index is -0.825. The number of benzene rings is 1. The Labute approximate surface area is 165 Å². The highest BCUT2D eigenvalue weighted by atomic mass is 19.1. The number of aryl methyl sites for hydroxylation is 1. The quantitative estimate of drug-likeness (QED) is 0.631. The Hall–Kier alpha value is -2.37. The Balaban J connectivity index is 1.76. The van der Waals surface area contributed by atoms with E-state index in [2.05, 4.69) is 22.5 Å². The molecule has 2 aromatic rings. The molecule has 28 heavy (non-hydrogen) atoms. The number of hydrogen-bond donors (Lipinski definition) is 3. The summed E-state index contributed by atoms with van der Waals surface area (Å²) in [4.78, 5) is 29.0. The van der Waals surface area contributed by atoms with Gasteiger partial charge >= 0.3 is 0 Å². The van der Waals surface area contributed by atoms with Gasteiger partial charge in [0.15, 0.2) is 0 Å². The van der Waals surface area contributed by atoms with Crippen molar-refractivity contribution in [1.82, 2.24) is 15.6 Å². The van der Waals surface area contributed by atoms with Gasteiger partial charge in [-0.05, 0) is 49.9 Å². The van der Waals surface area contributed by atoms with E-state index in [-0.39, 0.29) is 24.1 Å². The Morgan fingerprint density at radius 1 is 1.21 bits per heavy atom. The zero-order valence-electron chi connectivity index (χ0n) is 16.8. The third-order valence-electron chi connectivity index (χ3n) is 5.76. The molecule has 1 saturated carbocycles. The summed E-state index contributed by atoms with van der Waals surface area (Å²) in [6.45, 7) is 4.60. The van der Waals surface area contributed by atoms with Crippen molar-refractivity contribution in [1.29, 1.82) is 0 Å². The van der Waals surface area contributed by atoms with Crippen LogP contribution in [0.3, 0.4) is 0 Å². The molecule has 3 rings (SSSR count). The van der Waals surface area contributed by atoms with E-state index in [0.29, 0.717) is 19.4 Å². The van der Waals surface area contributed by atoms with Crippen LogP contribution in [0.25, 0.3) is 10.9 Å². The molecule has 6 heteroatoms. The fraction of sp³-hybridized carbons (Fsp3) is 0.545. The maximum Gasteiger partial charge on any atom is 0.245 e. The fourth-order valence-electron chi connectivity index (χ4n) is 4.17. The third kappa shape index (κ3) is 4.37. The summed E-state index contributed by atoms with van der Waals surface area (Å²) in [7, 11) is 0. The summed E-state index contributed by atoms with van der Waals surface area (Å²) in [5, 5.41) is 6.76. The van der Waals surface area contributed by atoms with Gasteiger partial charge in [-0.1, -0.05) is 32.6 Å². The van der Waals surface area contributed by atoms with E-state index in [4.69, 9.17) is 0 Å². The topological polar surface area (TPSA) is 74.0 Å². The number of hydrogen-bond acceptors (Lipinski definition) is 2. The van der Waals surface area contributed by atoms with Crippen molar-refractivity contribution in [2.24, 2.45) is 0 Å². The van der Waals surface area contributed by atoms with E-state index < -0.39 is 5.54 Å². The van der Waals surface area contributed by atoms with Crippen LogP contribution in [0, 0.1) is 12.7 Å². The molecule has 1 aliphatic carbocycles. The second kappa shape index (κ2) is 8.76. The van der Waals surface area contributed by atoms with Crippen LogP contribution < -0.4 is 10.6 Å². The van der Waals surface area contributed by atoms with Gasteiger partial charge < -0.3 is 15.6 Å². The van der Waals surface area contributed by atoms with Crippen LogP contribution in [0.1, 0.15) is 63.1 Å². The maximum atomic E-state index is 13.7. The number of aromatic amines is 1. The number of unbranched alkanes of at least 4 members (excludes halogenated alkanes) is 1. The smallest absolute Gasteiger partial charge is 0.245 e. The Morgan fingerprint density at radius 3 is 2.68 bits per heavy atom. The molecule has 0 saturated heterocycles. The number of aromatic nitrogens is 1. The summed E-state index contributed by atoms with van der Waals surface area (Å²) in [5.41, 5.74) is 1.62. The largest absolute Gasteiger partial charge is 0.358 e. The van der Waals surface area contributed by atoms with Crippen LogP contribution in [0.2, 0.25) is 0 Å². The van der Waals surface area contributed by atoms with Gasteiger partial charge in [-0.3, -0.25) is 9.59 Å². The van der Waals surface area contributed by atoms with Crippen LogP contribution in [0.4, 0.5) is 4.39 Å². The molecular formula is C22H30FN3O2. The van der Waals surface area contributed by atoms with Crippen LogP contribution in [0.15, 0.2) is 18.2 Å². The molecule has 1 fully saturated rings. The van der Waals surface area contributed by atoms with Crippen molar-refractivity contribution >= 4 is 22.7 Å². The average molecular weight is 387 g/mol. The summed E-state index contributed by atoms with van der Waals surface area (Å²) in [5.74, 6) is -0.594. The Morgan fingerprint density at radius 2 is 1.96 bits per heavy atom. The zero-order chi connectivity index (χ0) is 20.1. The van der Waals surface area contributed by atoms with Gasteiger partial charge in [-0.25, -0.2) is 4.39 Å². The van der Waals surface area contributed by atoms with Crippen molar-refractivity contribution < 1.29 is 14.0 Å². The lowest BCUT2D eigenvalue weighted by atomic mass is 9.80. The predicted octanol–water partition coefficient (Wildman–Crippen LogP) is 3.89. The number of carbonyl (C=O) groups is 2. The molecule has 0 radical (unpaired) electrons. The molecule has 1 aromatic heterocycles. The first-order chi connectivity index (χ1) is 13.4. The van der Waals surface area contributed by atoms with E-state index in [1.165, 1.54) is 12.1 Å². The number of amides is 2. The Kier molecular flexibility index (Phi) is 6.37. The SMILES string of the molecule is CCCCNC(=O)C1(NC(=O)Cc2c(C)[nH]c3ccc(F)cc23)CCCCC1. The number of nitrogens with one attached hydrogen (secondary N) is 3. The first-order valence-electron chi connectivity index (χ1n) is 10.3. The number of rotatable bonds is 7. The molecule has 0 bridgehead atoms. The normalized spacial score (nSPS) is 16.1. The van der Waals surface area contributed by atoms with Crippen LogP contribution in [0.5, 0.6) is 0 Å². The van der Waals surface area contributed by atoms with Crippen molar-refractivity contribution in [3.8, 4) is 0 Å². The lowest BCUT2D eigenvalue weighted by Gasteiger charge is -2.36. The molecule has 3 N–H and O–H groups in total. The van der Waals surface area contributed by atoms with Gasteiger partial charge in [0.25, 0.3) is 0 Å². The molecule has 5 nitrogen and oxygen atoms in total. The van der Waals surface area contributed by atoms with Gasteiger partial charge in [0.1, 0.15) is 11.4 Å². The molecule has 0 aliphatic heterocycles. The van der Waals surface area contributed by atoms with E-state index in [1.807, 2.05) is 6.92 Å². The van der Waals surface area contributed by atoms with E-state index >= 15 is 0 Å². The average Bonchev–Trinajstić information content (AvgIpc) is 2.97. The highest BCUT2D eigenvalue weighted by Crippen LogP contribution is 2.29. The highest BCUT2D eigenvalue weighted by molar-refractivity contribution is 5.94. The fourth-order valence-corrected chi connectivity index (χ4v) is 4.17. The summed E-state index contributed by atoms with van der Waals surface area (Å²) >= 11 is 0. The third-order valence-corrected chi connectivity index (χ3v) is 5.76. The highest BCUT2D eigenvalue weighted by Gasteiger charge is 2.40. The van der Waals surface area contributed by atoms with Gasteiger partial charge in [-0.2, -0.15) is 0 Å². The molecule has 0 atom stereocenters. The molecule has 0 spiro atoms. The molecule has 152 valence electrons. The van der Waals surface area contributed by atoms with Gasteiger partial charge in [0.05, 0.1) is 6.42 Å². The first-order valence-corrected chi connectivity index (χ1v) is 10.3. The van der Waals surface area contributed by atoms with Crippen LogP contribution >= 0.6 is 0 Å². The predicted molar refractivity (Wildman–Crippen MR) is 109 cm³/mol. The van der Waals surface area contributed by atoms with Gasteiger partial charge in [0.2, 0.25) is 11.8 Å². The maximum absolute atomic E-state index is 13.7. The standard InChI is InChI=1S/C22H30FN3O2/c1-3-4-12-24-21(28)22(10-6-5-7-11-22)26-20(27)14-17-15(2)25-19-9-8-16(23)13-18(17)19/h8-9,13,25H,3-7,10-12,14H2,1-2H3,(H,24,28)(H,26,27). The lowest BCUT2D eigenvalue weighted by Crippen LogP contribution is -2.60. The van der Waals surface area contributed by atoms with E-state index in [1.54, 1.807) is 6.07 Å². The number of halogens is 1. The molecule has 2 amide bonds. The minimum absolute atomic E-state index is 0.0734. The monoisotopic (exact) mass is 387 g/mol. The Bertz CT molecular complexity index is 853. The van der Waals surface area contributed by atoms with Crippen molar-refractivity contribution in [3.05, 3.63) is 35.3 Å². The van der Waals surface area contributed by atoms with Crippen molar-refractivity contribution in [2.45, 2.75) is 70.8 Å². The van der Waals surface area contributed by atoms with Crippen LogP contribution in [-0.4, -0.2) is 28.9 Å². The molecular weight excluding hydrogens is 357 g/mol. The number of fused-ring (bicyclic) bond motifs is 1. The van der Waals surface area contributed by atoms with E-state index in [0.717, 1.165) is 54.3 Å². The number of H-pyrrole nitrogens is 1. The second-order valence-electron chi connectivity index (χ2n) is 7.90. The molecule has 1 heterocycles. The molecule has 1 aromatic carbocycles. The van der Waals surface area contributed by atoms with Crippen molar-refractivity contribution in [3.63, 3.8) is 0 Å². The van der Waals surface area contributed by atoms with Gasteiger partial charge in [0, 0.05) is 23.1 Å². The van der Waals surface area contributed by atoms with Crippen molar-refractivity contribution in [2.75, 3.05) is 6.54 Å². The second-order valence-corrected chi connectivity index (χ2v) is 7.90. The van der Waals surface area contributed by atoms with Crippen LogP contribution in [-0.2, 0) is 16.0 Å². The zero-order valence-corrected chi connectivity index (χ0v) is 16.8. The molecule has 0 unspecified atom stereocenters.